The summed E-state index contributed by atoms with van der Waals surface area (Å²) in [6.45, 7) is 4.79. The first kappa shape index (κ1) is 15.5. The van der Waals surface area contributed by atoms with Crippen molar-refractivity contribution in [3.8, 4) is 0 Å². The molecular formula is C15H23NO3S. The van der Waals surface area contributed by atoms with Gasteiger partial charge in [0.15, 0.2) is 9.84 Å². The molecule has 1 aromatic carbocycles. The van der Waals surface area contributed by atoms with Gasteiger partial charge in [-0.1, -0.05) is 12.1 Å². The van der Waals surface area contributed by atoms with Crippen molar-refractivity contribution >= 4 is 9.84 Å². The van der Waals surface area contributed by atoms with E-state index in [-0.39, 0.29) is 10.4 Å². The van der Waals surface area contributed by atoms with Gasteiger partial charge in [-0.3, -0.25) is 0 Å². The topological polar surface area (TPSA) is 66.4 Å². The Balaban J connectivity index is 1.97. The molecule has 0 heterocycles. The van der Waals surface area contributed by atoms with Gasteiger partial charge >= 0.3 is 0 Å². The minimum atomic E-state index is -3.18. The van der Waals surface area contributed by atoms with Crippen molar-refractivity contribution in [1.29, 1.82) is 0 Å². The standard InChI is InChI=1S/C15H23NO3S/c1-15(2,12-6-7-12)16-10-14(17)11-4-8-13(9-5-11)20(3,18)19/h4-5,8-9,12,14,16-17H,6-7,10H2,1-3H3. The van der Waals surface area contributed by atoms with Gasteiger partial charge in [-0.05, 0) is 50.3 Å². The molecule has 2 rings (SSSR count). The molecule has 0 amide bonds. The van der Waals surface area contributed by atoms with Crippen molar-refractivity contribution in [1.82, 2.24) is 5.32 Å². The number of aliphatic hydroxyl groups excluding tert-OH is 1. The van der Waals surface area contributed by atoms with E-state index in [9.17, 15) is 13.5 Å². The van der Waals surface area contributed by atoms with Crippen LogP contribution in [-0.2, 0) is 9.84 Å². The molecule has 1 aliphatic carbocycles. The van der Waals surface area contributed by atoms with Gasteiger partial charge in [-0.15, -0.1) is 0 Å². The lowest BCUT2D eigenvalue weighted by Crippen LogP contribution is -2.43. The average Bonchev–Trinajstić information content (AvgIpc) is 3.20. The summed E-state index contributed by atoms with van der Waals surface area (Å²) in [4.78, 5) is 0.278. The molecule has 0 aliphatic heterocycles. The van der Waals surface area contributed by atoms with Crippen molar-refractivity contribution in [2.45, 2.75) is 43.2 Å². The van der Waals surface area contributed by atoms with Crippen LogP contribution < -0.4 is 5.32 Å². The van der Waals surface area contributed by atoms with Crippen molar-refractivity contribution < 1.29 is 13.5 Å². The van der Waals surface area contributed by atoms with E-state index in [1.807, 2.05) is 0 Å². The lowest BCUT2D eigenvalue weighted by atomic mass is 9.98. The minimum Gasteiger partial charge on any atom is -0.387 e. The monoisotopic (exact) mass is 297 g/mol. The molecule has 0 saturated heterocycles. The number of aliphatic hydroxyl groups is 1. The van der Waals surface area contributed by atoms with Crippen LogP contribution in [0, 0.1) is 5.92 Å². The molecule has 5 heteroatoms. The zero-order chi connectivity index (χ0) is 15.0. The number of sulfone groups is 1. The van der Waals surface area contributed by atoms with Gasteiger partial charge in [0.1, 0.15) is 0 Å². The maximum Gasteiger partial charge on any atom is 0.175 e. The molecule has 112 valence electrons. The fourth-order valence-corrected chi connectivity index (χ4v) is 2.99. The fourth-order valence-electron chi connectivity index (χ4n) is 2.36. The fraction of sp³-hybridized carbons (Fsp3) is 0.600. The van der Waals surface area contributed by atoms with Crippen molar-refractivity contribution in [2.24, 2.45) is 5.92 Å². The maximum absolute atomic E-state index is 11.4. The van der Waals surface area contributed by atoms with Gasteiger partial charge in [0, 0.05) is 18.3 Å². The molecule has 1 atom stereocenters. The predicted octanol–water partition coefficient (Wildman–Crippen LogP) is 1.90. The highest BCUT2D eigenvalue weighted by Gasteiger charge is 2.37. The van der Waals surface area contributed by atoms with Crippen molar-refractivity contribution in [2.75, 3.05) is 12.8 Å². The molecule has 1 saturated carbocycles. The SMILES string of the molecule is CC(C)(NCC(O)c1ccc(S(C)(=O)=O)cc1)C1CC1. The average molecular weight is 297 g/mol. The van der Waals surface area contributed by atoms with Crippen LogP contribution in [0.2, 0.25) is 0 Å². The summed E-state index contributed by atoms with van der Waals surface area (Å²) in [6.07, 6.45) is 3.05. The van der Waals surface area contributed by atoms with Crippen LogP contribution in [0.5, 0.6) is 0 Å². The van der Waals surface area contributed by atoms with Crippen LogP contribution in [0.25, 0.3) is 0 Å². The van der Waals surface area contributed by atoms with Crippen molar-refractivity contribution in [3.63, 3.8) is 0 Å². The minimum absolute atomic E-state index is 0.0493. The van der Waals surface area contributed by atoms with E-state index in [0.29, 0.717) is 12.5 Å². The third-order valence-electron chi connectivity index (χ3n) is 4.04. The Morgan fingerprint density at radius 2 is 1.85 bits per heavy atom. The van der Waals surface area contributed by atoms with E-state index in [2.05, 4.69) is 19.2 Å². The van der Waals surface area contributed by atoms with Crippen LogP contribution in [0.3, 0.4) is 0 Å². The third kappa shape index (κ3) is 3.81. The lowest BCUT2D eigenvalue weighted by molar-refractivity contribution is 0.157. The number of benzene rings is 1. The molecule has 20 heavy (non-hydrogen) atoms. The maximum atomic E-state index is 11.4. The second-order valence-corrected chi connectivity index (χ2v) is 8.25. The first-order chi connectivity index (χ1) is 9.20. The summed E-state index contributed by atoms with van der Waals surface area (Å²) in [7, 11) is -3.18. The largest absolute Gasteiger partial charge is 0.387 e. The van der Waals surface area contributed by atoms with E-state index in [0.717, 1.165) is 5.56 Å². The van der Waals surface area contributed by atoms with E-state index in [1.54, 1.807) is 24.3 Å². The molecule has 0 spiro atoms. The molecule has 1 aliphatic rings. The molecule has 0 aromatic heterocycles. The van der Waals surface area contributed by atoms with Gasteiger partial charge in [-0.25, -0.2) is 8.42 Å². The normalized spacial score (nSPS) is 18.0. The summed E-state index contributed by atoms with van der Waals surface area (Å²) in [5.41, 5.74) is 0.782. The van der Waals surface area contributed by atoms with E-state index >= 15 is 0 Å². The van der Waals surface area contributed by atoms with E-state index < -0.39 is 15.9 Å². The number of nitrogens with one attached hydrogen (secondary N) is 1. The van der Waals surface area contributed by atoms with Crippen LogP contribution in [-0.4, -0.2) is 31.9 Å². The van der Waals surface area contributed by atoms with Crippen molar-refractivity contribution in [3.05, 3.63) is 29.8 Å². The van der Waals surface area contributed by atoms with E-state index in [4.69, 9.17) is 0 Å². The Kier molecular flexibility index (Phi) is 4.23. The van der Waals surface area contributed by atoms with Gasteiger partial charge in [0.25, 0.3) is 0 Å². The van der Waals surface area contributed by atoms with Gasteiger partial charge in [0.2, 0.25) is 0 Å². The molecule has 1 aromatic rings. The summed E-state index contributed by atoms with van der Waals surface area (Å²) < 4.78 is 22.8. The summed E-state index contributed by atoms with van der Waals surface area (Å²) in [5.74, 6) is 0.697. The predicted molar refractivity (Wildman–Crippen MR) is 79.3 cm³/mol. The number of β-amino-alcohol motifs (C(OH)–C–C–N with tert-alkyl or cyclic N) is 1. The summed E-state index contributed by atoms with van der Waals surface area (Å²) in [6, 6.07) is 6.43. The quantitative estimate of drug-likeness (QED) is 0.841. The van der Waals surface area contributed by atoms with Crippen LogP contribution in [0.4, 0.5) is 0 Å². The molecule has 4 nitrogen and oxygen atoms in total. The van der Waals surface area contributed by atoms with E-state index in [1.165, 1.54) is 19.1 Å². The molecule has 0 bridgehead atoms. The van der Waals surface area contributed by atoms with Gasteiger partial charge < -0.3 is 10.4 Å². The molecule has 2 N–H and O–H groups in total. The number of hydrogen-bond acceptors (Lipinski definition) is 4. The second kappa shape index (κ2) is 5.47. The zero-order valence-corrected chi connectivity index (χ0v) is 13.1. The van der Waals surface area contributed by atoms with Gasteiger partial charge in [-0.2, -0.15) is 0 Å². The Labute approximate surface area is 121 Å². The van der Waals surface area contributed by atoms with Gasteiger partial charge in [0.05, 0.1) is 11.0 Å². The molecule has 0 radical (unpaired) electrons. The number of rotatable bonds is 6. The highest BCUT2D eigenvalue weighted by Crippen LogP contribution is 2.39. The Hall–Kier alpha value is -0.910. The Bertz CT molecular complexity index is 559. The van der Waals surface area contributed by atoms with Crippen LogP contribution in [0.15, 0.2) is 29.2 Å². The molecular weight excluding hydrogens is 274 g/mol. The molecule has 1 fully saturated rings. The number of hydrogen-bond donors (Lipinski definition) is 2. The highest BCUT2D eigenvalue weighted by atomic mass is 32.2. The molecule has 1 unspecified atom stereocenters. The zero-order valence-electron chi connectivity index (χ0n) is 12.3. The summed E-state index contributed by atoms with van der Waals surface area (Å²) >= 11 is 0. The summed E-state index contributed by atoms with van der Waals surface area (Å²) in [5, 5.41) is 13.6. The second-order valence-electron chi connectivity index (χ2n) is 6.23. The Morgan fingerprint density at radius 3 is 2.30 bits per heavy atom. The third-order valence-corrected chi connectivity index (χ3v) is 5.17. The highest BCUT2D eigenvalue weighted by molar-refractivity contribution is 7.90. The van der Waals surface area contributed by atoms with Crippen LogP contribution in [0.1, 0.15) is 38.4 Å². The first-order valence-corrected chi connectivity index (χ1v) is 8.82. The first-order valence-electron chi connectivity index (χ1n) is 6.93. The van der Waals surface area contributed by atoms with Crippen LogP contribution >= 0.6 is 0 Å². The lowest BCUT2D eigenvalue weighted by Gasteiger charge is -2.28. The smallest absolute Gasteiger partial charge is 0.175 e. The Morgan fingerprint density at radius 1 is 1.30 bits per heavy atom.